The van der Waals surface area contributed by atoms with Crippen molar-refractivity contribution in [3.63, 3.8) is 0 Å². The number of phenols is 1. The highest BCUT2D eigenvalue weighted by Crippen LogP contribution is 2.34. The van der Waals surface area contributed by atoms with Crippen LogP contribution in [0.25, 0.3) is 0 Å². The van der Waals surface area contributed by atoms with Crippen molar-refractivity contribution in [2.75, 3.05) is 0 Å². The van der Waals surface area contributed by atoms with E-state index in [0.717, 1.165) is 16.7 Å². The smallest absolute Gasteiger partial charge is 0.122 e. The van der Waals surface area contributed by atoms with E-state index in [0.29, 0.717) is 11.6 Å². The van der Waals surface area contributed by atoms with E-state index in [4.69, 9.17) is 11.6 Å². The molecule has 0 aromatic heterocycles. The maximum absolute atomic E-state index is 9.91. The number of rotatable bonds is 1. The Morgan fingerprint density at radius 3 is 2.29 bits per heavy atom. The van der Waals surface area contributed by atoms with Crippen molar-refractivity contribution in [2.45, 2.75) is 39.0 Å². The maximum atomic E-state index is 9.91. The number of alkyl halides is 1. The van der Waals surface area contributed by atoms with Crippen LogP contribution in [0.2, 0.25) is 0 Å². The van der Waals surface area contributed by atoms with Crippen molar-refractivity contribution in [3.8, 4) is 5.75 Å². The van der Waals surface area contributed by atoms with Crippen LogP contribution in [0, 0.1) is 6.92 Å². The first-order chi connectivity index (χ1) is 6.36. The van der Waals surface area contributed by atoms with Gasteiger partial charge in [0.25, 0.3) is 0 Å². The van der Waals surface area contributed by atoms with Gasteiger partial charge in [0.2, 0.25) is 0 Å². The summed E-state index contributed by atoms with van der Waals surface area (Å²) in [5.74, 6) is 0.885. The number of hydrogen-bond donors (Lipinski definition) is 1. The molecule has 0 bridgehead atoms. The summed E-state index contributed by atoms with van der Waals surface area (Å²) in [5.41, 5.74) is 2.88. The molecule has 1 aromatic carbocycles. The van der Waals surface area contributed by atoms with Gasteiger partial charge in [-0.15, -0.1) is 11.6 Å². The second-order valence-electron chi connectivity index (χ2n) is 4.69. The Morgan fingerprint density at radius 2 is 1.86 bits per heavy atom. The standard InChI is InChI=1S/C12H17ClO/c1-8-5-9(7-13)6-10(11(8)14)12(2,3)4/h5-6,14H,7H2,1-4H3. The van der Waals surface area contributed by atoms with Crippen molar-refractivity contribution in [2.24, 2.45) is 0 Å². The minimum Gasteiger partial charge on any atom is -0.507 e. The van der Waals surface area contributed by atoms with Gasteiger partial charge in [0, 0.05) is 5.88 Å². The van der Waals surface area contributed by atoms with Crippen molar-refractivity contribution in [1.82, 2.24) is 0 Å². The molecule has 0 unspecified atom stereocenters. The minimum atomic E-state index is -0.0447. The minimum absolute atomic E-state index is 0.0447. The molecule has 14 heavy (non-hydrogen) atoms. The first kappa shape index (κ1) is 11.4. The van der Waals surface area contributed by atoms with Crippen molar-refractivity contribution in [1.29, 1.82) is 0 Å². The van der Waals surface area contributed by atoms with Crippen LogP contribution in [-0.2, 0) is 11.3 Å². The third kappa shape index (κ3) is 2.21. The second kappa shape index (κ2) is 3.82. The summed E-state index contributed by atoms with van der Waals surface area (Å²) in [7, 11) is 0. The fourth-order valence-corrected chi connectivity index (χ4v) is 1.66. The average Bonchev–Trinajstić information content (AvgIpc) is 2.07. The van der Waals surface area contributed by atoms with Gasteiger partial charge >= 0.3 is 0 Å². The molecule has 0 saturated carbocycles. The van der Waals surface area contributed by atoms with E-state index in [-0.39, 0.29) is 5.41 Å². The molecule has 78 valence electrons. The molecule has 0 saturated heterocycles. The van der Waals surface area contributed by atoms with Gasteiger partial charge in [-0.3, -0.25) is 0 Å². The number of benzene rings is 1. The van der Waals surface area contributed by atoms with Crippen molar-refractivity contribution < 1.29 is 5.11 Å². The van der Waals surface area contributed by atoms with Crippen LogP contribution in [0.4, 0.5) is 0 Å². The van der Waals surface area contributed by atoms with Gasteiger partial charge in [-0.25, -0.2) is 0 Å². The lowest BCUT2D eigenvalue weighted by atomic mass is 9.84. The van der Waals surface area contributed by atoms with Crippen LogP contribution in [0.5, 0.6) is 5.75 Å². The van der Waals surface area contributed by atoms with Gasteiger partial charge in [-0.2, -0.15) is 0 Å². The second-order valence-corrected chi connectivity index (χ2v) is 4.96. The Labute approximate surface area is 90.7 Å². The Hall–Kier alpha value is -0.690. The Morgan fingerprint density at radius 1 is 1.29 bits per heavy atom. The predicted molar refractivity (Wildman–Crippen MR) is 61.1 cm³/mol. The Bertz CT molecular complexity index is 337. The summed E-state index contributed by atoms with van der Waals surface area (Å²) in [6.45, 7) is 8.15. The van der Waals surface area contributed by atoms with Crippen LogP contribution in [0.1, 0.15) is 37.5 Å². The van der Waals surface area contributed by atoms with Crippen molar-refractivity contribution in [3.05, 3.63) is 28.8 Å². The fourth-order valence-electron chi connectivity index (χ4n) is 1.50. The molecule has 0 radical (unpaired) electrons. The zero-order valence-corrected chi connectivity index (χ0v) is 9.94. The highest BCUT2D eigenvalue weighted by molar-refractivity contribution is 6.17. The van der Waals surface area contributed by atoms with E-state index in [1.165, 1.54) is 0 Å². The molecule has 0 spiro atoms. The Balaban J connectivity index is 3.35. The summed E-state index contributed by atoms with van der Waals surface area (Å²) in [5, 5.41) is 9.91. The number of hydrogen-bond acceptors (Lipinski definition) is 1. The van der Waals surface area contributed by atoms with Gasteiger partial charge in [0.05, 0.1) is 0 Å². The lowest BCUT2D eigenvalue weighted by Crippen LogP contribution is -2.12. The van der Waals surface area contributed by atoms with E-state index >= 15 is 0 Å². The van der Waals surface area contributed by atoms with E-state index in [1.54, 1.807) is 0 Å². The van der Waals surface area contributed by atoms with E-state index in [9.17, 15) is 5.11 Å². The quantitative estimate of drug-likeness (QED) is 0.704. The molecular formula is C12H17ClO. The highest BCUT2D eigenvalue weighted by atomic mass is 35.5. The predicted octanol–water partition coefficient (Wildman–Crippen LogP) is 3.74. The van der Waals surface area contributed by atoms with Crippen LogP contribution in [0.15, 0.2) is 12.1 Å². The van der Waals surface area contributed by atoms with Crippen LogP contribution in [-0.4, -0.2) is 5.11 Å². The van der Waals surface area contributed by atoms with E-state index in [2.05, 4.69) is 20.8 Å². The van der Waals surface area contributed by atoms with Gasteiger partial charge in [0.15, 0.2) is 0 Å². The van der Waals surface area contributed by atoms with Crippen LogP contribution in [0.3, 0.4) is 0 Å². The monoisotopic (exact) mass is 212 g/mol. The first-order valence-electron chi connectivity index (χ1n) is 4.75. The summed E-state index contributed by atoms with van der Waals surface area (Å²) in [6, 6.07) is 3.91. The first-order valence-corrected chi connectivity index (χ1v) is 5.28. The van der Waals surface area contributed by atoms with E-state index in [1.807, 2.05) is 19.1 Å². The maximum Gasteiger partial charge on any atom is 0.122 e. The lowest BCUT2D eigenvalue weighted by Gasteiger charge is -2.22. The molecular weight excluding hydrogens is 196 g/mol. The summed E-state index contributed by atoms with van der Waals surface area (Å²) in [6.07, 6.45) is 0. The van der Waals surface area contributed by atoms with Gasteiger partial charge in [0.1, 0.15) is 5.75 Å². The third-order valence-corrected chi connectivity index (χ3v) is 2.63. The van der Waals surface area contributed by atoms with Gasteiger partial charge < -0.3 is 5.11 Å². The number of aromatic hydroxyl groups is 1. The number of aryl methyl sites for hydroxylation is 1. The number of phenolic OH excluding ortho intramolecular Hbond substituents is 1. The molecule has 0 amide bonds. The Kier molecular flexibility index (Phi) is 3.10. The summed E-state index contributed by atoms with van der Waals surface area (Å²) in [4.78, 5) is 0. The SMILES string of the molecule is Cc1cc(CCl)cc(C(C)(C)C)c1O. The van der Waals surface area contributed by atoms with Crippen molar-refractivity contribution >= 4 is 11.6 Å². The summed E-state index contributed by atoms with van der Waals surface area (Å²) < 4.78 is 0. The fraction of sp³-hybridized carbons (Fsp3) is 0.500. The number of halogens is 1. The summed E-state index contributed by atoms with van der Waals surface area (Å²) >= 11 is 5.79. The molecule has 1 N–H and O–H groups in total. The molecule has 1 rings (SSSR count). The zero-order chi connectivity index (χ0) is 10.9. The molecule has 0 atom stereocenters. The van der Waals surface area contributed by atoms with Crippen LogP contribution >= 0.6 is 11.6 Å². The molecule has 2 heteroatoms. The molecule has 0 aliphatic carbocycles. The third-order valence-electron chi connectivity index (χ3n) is 2.32. The molecule has 0 aliphatic rings. The zero-order valence-electron chi connectivity index (χ0n) is 9.19. The molecule has 1 nitrogen and oxygen atoms in total. The topological polar surface area (TPSA) is 20.2 Å². The largest absolute Gasteiger partial charge is 0.507 e. The molecule has 0 aliphatic heterocycles. The van der Waals surface area contributed by atoms with Gasteiger partial charge in [-0.1, -0.05) is 32.9 Å². The average molecular weight is 213 g/mol. The van der Waals surface area contributed by atoms with Crippen LogP contribution < -0.4 is 0 Å². The molecule has 0 heterocycles. The molecule has 1 aromatic rings. The lowest BCUT2D eigenvalue weighted by molar-refractivity contribution is 0.442. The molecule has 0 fully saturated rings. The highest BCUT2D eigenvalue weighted by Gasteiger charge is 2.19. The van der Waals surface area contributed by atoms with Gasteiger partial charge in [-0.05, 0) is 29.0 Å². The normalized spacial score (nSPS) is 11.8. The van der Waals surface area contributed by atoms with E-state index < -0.39 is 0 Å².